The van der Waals surface area contributed by atoms with Crippen LogP contribution in [-0.4, -0.2) is 40.8 Å². The van der Waals surface area contributed by atoms with E-state index in [1.54, 1.807) is 0 Å². The zero-order valence-electron chi connectivity index (χ0n) is 15.2. The number of sulfone groups is 1. The Kier molecular flexibility index (Phi) is 6.08. The van der Waals surface area contributed by atoms with Crippen LogP contribution in [0.25, 0.3) is 0 Å². The maximum atomic E-state index is 12.7. The SMILES string of the molecule is CS(=O)(=O)c1cccnc1Nc1cc(Nc2ccc(C(Cl)C(F)(F)F)cn2)ncn1. The third-order valence-electron chi connectivity index (χ3n) is 3.71. The van der Waals surface area contributed by atoms with E-state index in [0.717, 1.165) is 12.5 Å². The zero-order valence-corrected chi connectivity index (χ0v) is 16.8. The van der Waals surface area contributed by atoms with Gasteiger partial charge in [-0.2, -0.15) is 13.2 Å². The molecule has 0 amide bonds. The lowest BCUT2D eigenvalue weighted by molar-refractivity contribution is -0.131. The molecule has 3 aromatic heterocycles. The van der Waals surface area contributed by atoms with Crippen molar-refractivity contribution >= 4 is 44.7 Å². The molecule has 0 aromatic carbocycles. The van der Waals surface area contributed by atoms with E-state index < -0.39 is 21.4 Å². The number of nitrogens with one attached hydrogen (secondary N) is 2. The number of anilines is 4. The minimum Gasteiger partial charge on any atom is -0.325 e. The molecule has 0 aliphatic rings. The summed E-state index contributed by atoms with van der Waals surface area (Å²) in [5.74, 6) is 0.824. The summed E-state index contributed by atoms with van der Waals surface area (Å²) in [6.07, 6.45) is 0.123. The second-order valence-corrected chi connectivity index (χ2v) is 8.46. The Labute approximate surface area is 174 Å². The smallest absolute Gasteiger partial charge is 0.325 e. The predicted octanol–water partition coefficient (Wildman–Crippen LogP) is 4.00. The molecule has 3 rings (SSSR count). The third kappa shape index (κ3) is 5.33. The van der Waals surface area contributed by atoms with Gasteiger partial charge in [0.25, 0.3) is 0 Å². The molecule has 0 aliphatic heterocycles. The topological polar surface area (TPSA) is 110 Å². The van der Waals surface area contributed by atoms with Crippen LogP contribution in [-0.2, 0) is 9.84 Å². The van der Waals surface area contributed by atoms with Crippen molar-refractivity contribution in [1.29, 1.82) is 0 Å². The van der Waals surface area contributed by atoms with Gasteiger partial charge in [0, 0.05) is 24.7 Å². The standard InChI is InChI=1S/C17H14ClF3N6O2S/c1-30(28,29)11-3-2-6-22-16(11)27-14-7-13(24-9-25-14)26-12-5-4-10(8-23-12)15(18)17(19,20)21/h2-9,15H,1H3,(H2,22,23,24,25,26,27). The summed E-state index contributed by atoms with van der Waals surface area (Å²) in [6, 6.07) is 6.88. The van der Waals surface area contributed by atoms with Crippen LogP contribution < -0.4 is 10.6 Å². The van der Waals surface area contributed by atoms with Crippen molar-refractivity contribution in [2.24, 2.45) is 0 Å². The molecule has 0 radical (unpaired) electrons. The van der Waals surface area contributed by atoms with E-state index in [0.29, 0.717) is 0 Å². The van der Waals surface area contributed by atoms with E-state index in [1.807, 2.05) is 0 Å². The zero-order chi connectivity index (χ0) is 21.9. The number of aromatic nitrogens is 4. The maximum Gasteiger partial charge on any atom is 0.408 e. The fourth-order valence-electron chi connectivity index (χ4n) is 2.35. The summed E-state index contributed by atoms with van der Waals surface area (Å²) >= 11 is 5.37. The van der Waals surface area contributed by atoms with Gasteiger partial charge in [-0.1, -0.05) is 6.07 Å². The van der Waals surface area contributed by atoms with Gasteiger partial charge in [0.05, 0.1) is 0 Å². The average molecular weight is 459 g/mol. The summed E-state index contributed by atoms with van der Waals surface area (Å²) in [5.41, 5.74) is -0.191. The summed E-state index contributed by atoms with van der Waals surface area (Å²) < 4.78 is 61.7. The number of hydrogen-bond donors (Lipinski definition) is 2. The van der Waals surface area contributed by atoms with Crippen LogP contribution >= 0.6 is 11.6 Å². The molecule has 13 heteroatoms. The van der Waals surface area contributed by atoms with Gasteiger partial charge in [-0.05, 0) is 23.8 Å². The van der Waals surface area contributed by atoms with Crippen molar-refractivity contribution in [3.8, 4) is 0 Å². The van der Waals surface area contributed by atoms with E-state index in [9.17, 15) is 21.6 Å². The minimum absolute atomic E-state index is 0.00401. The van der Waals surface area contributed by atoms with Crippen molar-refractivity contribution in [2.45, 2.75) is 16.4 Å². The number of halogens is 4. The highest BCUT2D eigenvalue weighted by Crippen LogP contribution is 2.37. The van der Waals surface area contributed by atoms with Crippen molar-refractivity contribution in [3.05, 3.63) is 54.6 Å². The van der Waals surface area contributed by atoms with Gasteiger partial charge in [0.1, 0.15) is 34.5 Å². The van der Waals surface area contributed by atoms with Crippen LogP contribution in [0.5, 0.6) is 0 Å². The maximum absolute atomic E-state index is 12.7. The quantitative estimate of drug-likeness (QED) is 0.533. The molecule has 3 aromatic rings. The van der Waals surface area contributed by atoms with Gasteiger partial charge >= 0.3 is 6.18 Å². The van der Waals surface area contributed by atoms with Gasteiger partial charge in [0.2, 0.25) is 0 Å². The molecule has 0 aliphatic carbocycles. The van der Waals surface area contributed by atoms with E-state index in [4.69, 9.17) is 11.6 Å². The molecule has 158 valence electrons. The van der Waals surface area contributed by atoms with Gasteiger partial charge in [0.15, 0.2) is 15.2 Å². The normalized spacial score (nSPS) is 13.0. The Morgan fingerprint density at radius 3 is 2.30 bits per heavy atom. The summed E-state index contributed by atoms with van der Waals surface area (Å²) in [4.78, 5) is 15.9. The third-order valence-corrected chi connectivity index (χ3v) is 5.33. The van der Waals surface area contributed by atoms with Crippen molar-refractivity contribution in [3.63, 3.8) is 0 Å². The molecular weight excluding hydrogens is 445 g/mol. The van der Waals surface area contributed by atoms with Crippen molar-refractivity contribution < 1.29 is 21.6 Å². The van der Waals surface area contributed by atoms with Crippen LogP contribution in [0, 0.1) is 0 Å². The second-order valence-electron chi connectivity index (χ2n) is 6.04. The molecule has 30 heavy (non-hydrogen) atoms. The number of nitrogens with zero attached hydrogens (tertiary/aromatic N) is 4. The fraction of sp³-hybridized carbons (Fsp3) is 0.176. The van der Waals surface area contributed by atoms with Crippen LogP contribution in [0.4, 0.5) is 36.4 Å². The van der Waals surface area contributed by atoms with Gasteiger partial charge < -0.3 is 10.6 Å². The highest BCUT2D eigenvalue weighted by atomic mass is 35.5. The molecular formula is C17H14ClF3N6O2S. The fourth-order valence-corrected chi connectivity index (χ4v) is 3.26. The van der Waals surface area contributed by atoms with E-state index in [1.165, 1.54) is 42.9 Å². The largest absolute Gasteiger partial charge is 0.408 e. The van der Waals surface area contributed by atoms with Gasteiger partial charge in [-0.25, -0.2) is 28.4 Å². The molecule has 0 saturated carbocycles. The Balaban J connectivity index is 1.77. The Hall–Kier alpha value is -2.99. The molecule has 8 nitrogen and oxygen atoms in total. The number of rotatable bonds is 6. The minimum atomic E-state index is -4.58. The lowest BCUT2D eigenvalue weighted by Gasteiger charge is -2.14. The van der Waals surface area contributed by atoms with Crippen LogP contribution in [0.1, 0.15) is 10.9 Å². The molecule has 1 unspecified atom stereocenters. The average Bonchev–Trinajstić information content (AvgIpc) is 2.67. The molecule has 0 fully saturated rings. The Morgan fingerprint density at radius 1 is 1.00 bits per heavy atom. The molecule has 2 N–H and O–H groups in total. The van der Waals surface area contributed by atoms with Crippen LogP contribution in [0.2, 0.25) is 0 Å². The first kappa shape index (κ1) is 21.7. The van der Waals surface area contributed by atoms with Crippen molar-refractivity contribution in [1.82, 2.24) is 19.9 Å². The van der Waals surface area contributed by atoms with Crippen LogP contribution in [0.3, 0.4) is 0 Å². The predicted molar refractivity (Wildman–Crippen MR) is 105 cm³/mol. The van der Waals surface area contributed by atoms with E-state index in [-0.39, 0.29) is 33.7 Å². The molecule has 1 atom stereocenters. The molecule has 0 bridgehead atoms. The summed E-state index contributed by atoms with van der Waals surface area (Å²) in [7, 11) is -3.52. The lowest BCUT2D eigenvalue weighted by Crippen LogP contribution is -2.15. The van der Waals surface area contributed by atoms with E-state index >= 15 is 0 Å². The van der Waals surface area contributed by atoms with Gasteiger partial charge in [-0.15, -0.1) is 11.6 Å². The number of pyridine rings is 2. The Bertz CT molecular complexity index is 1140. The van der Waals surface area contributed by atoms with Crippen molar-refractivity contribution in [2.75, 3.05) is 16.9 Å². The highest BCUT2D eigenvalue weighted by Gasteiger charge is 2.39. The lowest BCUT2D eigenvalue weighted by atomic mass is 10.2. The summed E-state index contributed by atoms with van der Waals surface area (Å²) in [5, 5.41) is 3.46. The van der Waals surface area contributed by atoms with E-state index in [2.05, 4.69) is 30.6 Å². The molecule has 0 spiro atoms. The Morgan fingerprint density at radius 2 is 1.70 bits per heavy atom. The molecule has 3 heterocycles. The highest BCUT2D eigenvalue weighted by molar-refractivity contribution is 7.90. The van der Waals surface area contributed by atoms with Gasteiger partial charge in [-0.3, -0.25) is 0 Å². The summed E-state index contributed by atoms with van der Waals surface area (Å²) in [6.45, 7) is 0. The number of hydrogen-bond acceptors (Lipinski definition) is 8. The number of alkyl halides is 4. The first-order valence-electron chi connectivity index (χ1n) is 8.22. The first-order valence-corrected chi connectivity index (χ1v) is 10.5. The molecule has 0 saturated heterocycles. The second kappa shape index (κ2) is 8.40. The first-order chi connectivity index (χ1) is 14.0. The monoisotopic (exact) mass is 458 g/mol. The van der Waals surface area contributed by atoms with Crippen LogP contribution in [0.15, 0.2) is 53.9 Å².